The second kappa shape index (κ2) is 7.07. The van der Waals surface area contributed by atoms with Gasteiger partial charge in [0.15, 0.2) is 5.60 Å². The first-order chi connectivity index (χ1) is 10.7. The van der Waals surface area contributed by atoms with Crippen LogP contribution in [0.4, 0.5) is 13.2 Å². The topological polar surface area (TPSA) is 47.0 Å². The monoisotopic (exact) mass is 333 g/mol. The average Bonchev–Trinajstić information content (AvgIpc) is 2.49. The molecule has 0 saturated carbocycles. The van der Waals surface area contributed by atoms with Crippen molar-refractivity contribution < 1.29 is 23.1 Å². The molecule has 0 bridgehead atoms. The van der Waals surface area contributed by atoms with Gasteiger partial charge in [-0.3, -0.25) is 14.6 Å². The van der Waals surface area contributed by atoms with Gasteiger partial charge >= 0.3 is 6.18 Å². The van der Waals surface area contributed by atoms with Crippen LogP contribution in [-0.2, 0) is 4.79 Å². The van der Waals surface area contributed by atoms with Crippen LogP contribution >= 0.6 is 0 Å². The fraction of sp³-hybridized carbons (Fsp3) is 0.800. The number of halogens is 3. The Morgan fingerprint density at radius 3 is 2.13 bits per heavy atom. The Balaban J connectivity index is 1.77. The second-order valence-corrected chi connectivity index (χ2v) is 6.17. The quantitative estimate of drug-likeness (QED) is 0.747. The van der Waals surface area contributed by atoms with Gasteiger partial charge in [0, 0.05) is 39.3 Å². The highest BCUT2D eigenvalue weighted by molar-refractivity contribution is 5.78. The summed E-state index contributed by atoms with van der Waals surface area (Å²) in [6.07, 6.45) is -0.142. The summed E-state index contributed by atoms with van der Waals surface area (Å²) in [5.41, 5.74) is -2.62. The largest absolute Gasteiger partial charge is 0.417 e. The van der Waals surface area contributed by atoms with Gasteiger partial charge in [0.1, 0.15) is 0 Å². The third kappa shape index (κ3) is 4.37. The number of alkyl halides is 3. The molecule has 5 nitrogen and oxygen atoms in total. The highest BCUT2D eigenvalue weighted by atomic mass is 19.4. The highest BCUT2D eigenvalue weighted by Crippen LogP contribution is 2.38. The number of piperazine rings is 1. The molecule has 2 heterocycles. The first-order valence-corrected chi connectivity index (χ1v) is 7.70. The van der Waals surface area contributed by atoms with E-state index in [1.54, 1.807) is 9.80 Å². The Labute approximate surface area is 134 Å². The van der Waals surface area contributed by atoms with Crippen molar-refractivity contribution in [3.63, 3.8) is 0 Å². The molecule has 0 aromatic heterocycles. The Kier molecular flexibility index (Phi) is 5.55. The molecule has 2 rings (SSSR count). The molecule has 2 fully saturated rings. The van der Waals surface area contributed by atoms with Gasteiger partial charge in [-0.15, -0.1) is 6.42 Å². The van der Waals surface area contributed by atoms with Crippen LogP contribution in [0.5, 0.6) is 0 Å². The Morgan fingerprint density at radius 1 is 1.09 bits per heavy atom. The molecular formula is C15H22F3N3O2. The second-order valence-electron chi connectivity index (χ2n) is 6.17. The van der Waals surface area contributed by atoms with E-state index in [4.69, 9.17) is 6.42 Å². The van der Waals surface area contributed by atoms with Gasteiger partial charge in [0.2, 0.25) is 5.91 Å². The maximum atomic E-state index is 12.7. The highest BCUT2D eigenvalue weighted by Gasteiger charge is 2.54. The van der Waals surface area contributed by atoms with Crippen molar-refractivity contribution >= 4 is 5.91 Å². The first-order valence-electron chi connectivity index (χ1n) is 7.70. The minimum Gasteiger partial charge on any atom is -0.380 e. The Hall–Kier alpha value is -1.30. The molecule has 0 spiro atoms. The number of rotatable bonds is 3. The van der Waals surface area contributed by atoms with Crippen molar-refractivity contribution in [2.75, 3.05) is 52.4 Å². The van der Waals surface area contributed by atoms with Crippen molar-refractivity contribution in [3.05, 3.63) is 0 Å². The van der Waals surface area contributed by atoms with Gasteiger partial charge in [-0.05, 0) is 12.8 Å². The lowest BCUT2D eigenvalue weighted by Gasteiger charge is -2.40. The number of carbonyl (C=O) groups excluding carboxylic acids is 1. The van der Waals surface area contributed by atoms with Gasteiger partial charge in [0.25, 0.3) is 0 Å². The van der Waals surface area contributed by atoms with Gasteiger partial charge in [-0.25, -0.2) is 0 Å². The van der Waals surface area contributed by atoms with Crippen molar-refractivity contribution in [2.45, 2.75) is 24.6 Å². The molecule has 130 valence electrons. The Bertz CT molecular complexity index is 460. The zero-order chi connectivity index (χ0) is 17.1. The molecule has 2 aliphatic rings. The van der Waals surface area contributed by atoms with Crippen LogP contribution in [0.25, 0.3) is 0 Å². The van der Waals surface area contributed by atoms with E-state index < -0.39 is 11.8 Å². The minimum atomic E-state index is -4.61. The summed E-state index contributed by atoms with van der Waals surface area (Å²) in [5, 5.41) is 9.62. The summed E-state index contributed by atoms with van der Waals surface area (Å²) in [4.78, 5) is 17.7. The molecule has 0 aliphatic carbocycles. The fourth-order valence-corrected chi connectivity index (χ4v) is 2.94. The van der Waals surface area contributed by atoms with Crippen LogP contribution in [0, 0.1) is 12.3 Å². The molecular weight excluding hydrogens is 311 g/mol. The van der Waals surface area contributed by atoms with E-state index in [1.165, 1.54) is 0 Å². The van der Waals surface area contributed by atoms with Crippen molar-refractivity contribution in [3.8, 4) is 12.3 Å². The summed E-state index contributed by atoms with van der Waals surface area (Å²) in [7, 11) is 0. The molecule has 0 unspecified atom stereocenters. The Morgan fingerprint density at radius 2 is 1.65 bits per heavy atom. The van der Waals surface area contributed by atoms with Crippen LogP contribution < -0.4 is 0 Å². The molecule has 23 heavy (non-hydrogen) atoms. The lowest BCUT2D eigenvalue weighted by atomic mass is 9.91. The molecule has 2 aliphatic heterocycles. The zero-order valence-corrected chi connectivity index (χ0v) is 13.0. The summed E-state index contributed by atoms with van der Waals surface area (Å²) < 4.78 is 38.2. The van der Waals surface area contributed by atoms with Crippen molar-refractivity contribution in [2.24, 2.45) is 0 Å². The molecule has 8 heteroatoms. The minimum absolute atomic E-state index is 0.0683. The third-order valence-electron chi connectivity index (χ3n) is 4.61. The molecule has 1 N–H and O–H groups in total. The lowest BCUT2D eigenvalue weighted by molar-refractivity contribution is -0.272. The molecule has 0 aromatic rings. The van der Waals surface area contributed by atoms with Gasteiger partial charge < -0.3 is 10.0 Å². The number of hydrogen-bond donors (Lipinski definition) is 1. The third-order valence-corrected chi connectivity index (χ3v) is 4.61. The number of carbonyl (C=O) groups is 1. The van der Waals surface area contributed by atoms with Crippen LogP contribution in [0.1, 0.15) is 12.8 Å². The van der Waals surface area contributed by atoms with Crippen LogP contribution in [0.15, 0.2) is 0 Å². The fourth-order valence-electron chi connectivity index (χ4n) is 2.94. The predicted octanol–water partition coefficient (Wildman–Crippen LogP) is 0.153. The van der Waals surface area contributed by atoms with E-state index in [0.29, 0.717) is 32.7 Å². The normalized spacial score (nSPS) is 23.5. The van der Waals surface area contributed by atoms with E-state index in [-0.39, 0.29) is 38.4 Å². The van der Waals surface area contributed by atoms with Crippen LogP contribution in [0.2, 0.25) is 0 Å². The van der Waals surface area contributed by atoms with Crippen molar-refractivity contribution in [1.82, 2.24) is 14.7 Å². The number of terminal acetylenes is 1. The average molecular weight is 333 g/mol. The number of amides is 1. The molecule has 0 atom stereocenters. The maximum Gasteiger partial charge on any atom is 0.417 e. The summed E-state index contributed by atoms with van der Waals surface area (Å²) >= 11 is 0. The van der Waals surface area contributed by atoms with Crippen molar-refractivity contribution in [1.29, 1.82) is 0 Å². The maximum absolute atomic E-state index is 12.7. The summed E-state index contributed by atoms with van der Waals surface area (Å²) in [6, 6.07) is 0. The number of hydrogen-bond acceptors (Lipinski definition) is 4. The number of nitrogens with zero attached hydrogens (tertiary/aromatic N) is 3. The standard InChI is InChI=1S/C15H22F3N3O2/c1-2-5-19-8-10-21(11-9-19)13(22)12-20-6-3-14(23,4-7-20)15(16,17)18/h1,23H,3-12H2. The van der Waals surface area contributed by atoms with Crippen LogP contribution in [0.3, 0.4) is 0 Å². The summed E-state index contributed by atoms with van der Waals surface area (Å²) in [5.74, 6) is 2.48. The van der Waals surface area contributed by atoms with E-state index >= 15 is 0 Å². The molecule has 0 aromatic carbocycles. The predicted molar refractivity (Wildman–Crippen MR) is 78.5 cm³/mol. The number of aliphatic hydroxyl groups is 1. The van der Waals surface area contributed by atoms with Gasteiger partial charge in [-0.1, -0.05) is 5.92 Å². The van der Waals surface area contributed by atoms with E-state index in [0.717, 1.165) is 0 Å². The van der Waals surface area contributed by atoms with Crippen LogP contribution in [-0.4, -0.2) is 89.8 Å². The van der Waals surface area contributed by atoms with E-state index in [2.05, 4.69) is 10.8 Å². The first kappa shape index (κ1) is 18.0. The SMILES string of the molecule is C#CCN1CCN(C(=O)CN2CCC(O)(C(F)(F)F)CC2)CC1. The van der Waals surface area contributed by atoms with E-state index in [9.17, 15) is 23.1 Å². The smallest absolute Gasteiger partial charge is 0.380 e. The summed E-state index contributed by atoms with van der Waals surface area (Å²) in [6.45, 7) is 3.39. The number of piperidine rings is 1. The van der Waals surface area contributed by atoms with E-state index in [1.807, 2.05) is 0 Å². The van der Waals surface area contributed by atoms with Gasteiger partial charge in [0.05, 0.1) is 13.1 Å². The molecule has 0 radical (unpaired) electrons. The lowest BCUT2D eigenvalue weighted by Crippen LogP contribution is -2.56. The zero-order valence-electron chi connectivity index (χ0n) is 13.0. The molecule has 1 amide bonds. The molecule has 2 saturated heterocycles. The number of likely N-dealkylation sites (tertiary alicyclic amines) is 1. The van der Waals surface area contributed by atoms with Gasteiger partial charge in [-0.2, -0.15) is 13.2 Å².